The number of hydrogen-bond donors (Lipinski definition) is 2. The molecule has 2 N–H and O–H groups in total. The fraction of sp³-hybridized carbons (Fsp3) is 0.333. The van der Waals surface area contributed by atoms with Gasteiger partial charge in [-0.05, 0) is 30.3 Å². The van der Waals surface area contributed by atoms with Gasteiger partial charge in [0.1, 0.15) is 10.6 Å². The van der Waals surface area contributed by atoms with Gasteiger partial charge in [0.05, 0.1) is 31.0 Å². The molecule has 1 fully saturated rings. The number of nitrogens with one attached hydrogen (secondary N) is 2. The number of methoxy groups -OCH3 is 1. The van der Waals surface area contributed by atoms with Gasteiger partial charge in [-0.25, -0.2) is 8.42 Å². The van der Waals surface area contributed by atoms with Crippen LogP contribution in [0.2, 0.25) is 5.02 Å². The molecule has 0 aliphatic carbocycles. The molecule has 2 amide bonds. The van der Waals surface area contributed by atoms with E-state index in [1.807, 2.05) is 0 Å². The molecule has 1 aliphatic rings. The Kier molecular flexibility index (Phi) is 7.94. The van der Waals surface area contributed by atoms with E-state index in [0.717, 1.165) is 0 Å². The van der Waals surface area contributed by atoms with Crippen molar-refractivity contribution in [2.24, 2.45) is 0 Å². The first kappa shape index (κ1) is 23.8. The van der Waals surface area contributed by atoms with E-state index in [4.69, 9.17) is 21.1 Å². The summed E-state index contributed by atoms with van der Waals surface area (Å²) < 4.78 is 38.6. The molecule has 32 heavy (non-hydrogen) atoms. The highest BCUT2D eigenvalue weighted by molar-refractivity contribution is 7.92. The first-order valence-corrected chi connectivity index (χ1v) is 11.8. The van der Waals surface area contributed by atoms with E-state index in [0.29, 0.717) is 32.1 Å². The number of amides is 2. The van der Waals surface area contributed by atoms with Gasteiger partial charge in [-0.3, -0.25) is 14.3 Å². The van der Waals surface area contributed by atoms with Crippen molar-refractivity contribution in [3.63, 3.8) is 0 Å². The zero-order valence-corrected chi connectivity index (χ0v) is 19.0. The second-order valence-corrected chi connectivity index (χ2v) is 9.01. The van der Waals surface area contributed by atoms with Crippen LogP contribution in [0.1, 0.15) is 16.8 Å². The third-order valence-corrected chi connectivity index (χ3v) is 6.67. The summed E-state index contributed by atoms with van der Waals surface area (Å²) >= 11 is 6.11. The highest BCUT2D eigenvalue weighted by Gasteiger charge is 2.22. The van der Waals surface area contributed by atoms with Crippen LogP contribution in [0.5, 0.6) is 5.75 Å². The summed E-state index contributed by atoms with van der Waals surface area (Å²) in [6, 6.07) is 10.5. The third-order valence-electron chi connectivity index (χ3n) is 4.82. The monoisotopic (exact) mass is 481 g/mol. The third kappa shape index (κ3) is 5.90. The van der Waals surface area contributed by atoms with Gasteiger partial charge < -0.3 is 19.7 Å². The maximum absolute atomic E-state index is 12.9. The van der Waals surface area contributed by atoms with Gasteiger partial charge in [0.25, 0.3) is 15.9 Å². The summed E-state index contributed by atoms with van der Waals surface area (Å²) in [7, 11) is -2.67. The highest BCUT2D eigenvalue weighted by Crippen LogP contribution is 2.29. The van der Waals surface area contributed by atoms with Crippen molar-refractivity contribution in [1.29, 1.82) is 0 Å². The molecule has 0 bridgehead atoms. The quantitative estimate of drug-likeness (QED) is 0.597. The van der Waals surface area contributed by atoms with Gasteiger partial charge in [0, 0.05) is 31.6 Å². The van der Waals surface area contributed by atoms with Crippen LogP contribution < -0.4 is 14.8 Å². The second kappa shape index (κ2) is 10.7. The molecule has 0 unspecified atom stereocenters. The Balaban J connectivity index is 1.67. The number of sulfonamides is 1. The van der Waals surface area contributed by atoms with Gasteiger partial charge in [0.2, 0.25) is 5.91 Å². The lowest BCUT2D eigenvalue weighted by atomic mass is 10.2. The Hall–Kier alpha value is -2.82. The zero-order chi connectivity index (χ0) is 23.1. The van der Waals surface area contributed by atoms with E-state index in [9.17, 15) is 18.0 Å². The smallest absolute Gasteiger partial charge is 0.263 e. The fourth-order valence-electron chi connectivity index (χ4n) is 3.14. The first-order valence-electron chi connectivity index (χ1n) is 9.91. The average Bonchev–Trinajstić information content (AvgIpc) is 2.79. The molecule has 1 aliphatic heterocycles. The van der Waals surface area contributed by atoms with Crippen molar-refractivity contribution < 1.29 is 27.5 Å². The normalized spacial score (nSPS) is 14.0. The summed E-state index contributed by atoms with van der Waals surface area (Å²) in [5.74, 6) is -0.245. The summed E-state index contributed by atoms with van der Waals surface area (Å²) in [6.07, 6.45) is 0.139. The van der Waals surface area contributed by atoms with Gasteiger partial charge >= 0.3 is 0 Å². The largest absolute Gasteiger partial charge is 0.495 e. The second-order valence-electron chi connectivity index (χ2n) is 6.95. The number of benzene rings is 2. The molecule has 0 aromatic heterocycles. The van der Waals surface area contributed by atoms with Crippen molar-refractivity contribution in [1.82, 2.24) is 10.2 Å². The van der Waals surface area contributed by atoms with Crippen LogP contribution >= 0.6 is 11.6 Å². The Morgan fingerprint density at radius 3 is 2.59 bits per heavy atom. The molecule has 0 spiro atoms. The molecule has 1 saturated heterocycles. The average molecular weight is 482 g/mol. The number of ether oxygens (including phenoxy) is 2. The number of nitrogens with zero attached hydrogens (tertiary/aromatic N) is 1. The molecule has 9 nitrogen and oxygen atoms in total. The SMILES string of the molecule is COc1ccccc1NS(=O)(=O)c1cc(C(=O)NCCC(=O)N2CCOCC2)ccc1Cl. The van der Waals surface area contributed by atoms with Crippen LogP contribution in [0.4, 0.5) is 5.69 Å². The van der Waals surface area contributed by atoms with Crippen LogP contribution in [0.15, 0.2) is 47.4 Å². The molecule has 172 valence electrons. The van der Waals surface area contributed by atoms with E-state index in [-0.39, 0.29) is 40.0 Å². The van der Waals surface area contributed by atoms with Crippen LogP contribution in [-0.4, -0.2) is 65.1 Å². The number of carbonyl (C=O) groups is 2. The minimum absolute atomic E-state index is 0.0357. The van der Waals surface area contributed by atoms with Crippen molar-refractivity contribution in [3.05, 3.63) is 53.1 Å². The fourth-order valence-corrected chi connectivity index (χ4v) is 4.73. The molecular weight excluding hydrogens is 458 g/mol. The lowest BCUT2D eigenvalue weighted by Gasteiger charge is -2.26. The van der Waals surface area contributed by atoms with Crippen molar-refractivity contribution in [3.8, 4) is 5.75 Å². The summed E-state index contributed by atoms with van der Waals surface area (Å²) in [4.78, 5) is 26.1. The zero-order valence-electron chi connectivity index (χ0n) is 17.5. The molecule has 11 heteroatoms. The van der Waals surface area contributed by atoms with Gasteiger partial charge in [-0.15, -0.1) is 0 Å². The number of halogens is 1. The number of para-hydroxylation sites is 2. The van der Waals surface area contributed by atoms with Crippen LogP contribution in [-0.2, 0) is 19.6 Å². The number of rotatable bonds is 8. The first-order chi connectivity index (χ1) is 15.3. The molecular formula is C21H24ClN3O6S. The summed E-state index contributed by atoms with van der Waals surface area (Å²) in [6.45, 7) is 2.19. The van der Waals surface area contributed by atoms with Crippen molar-refractivity contribution in [2.75, 3.05) is 44.7 Å². The summed E-state index contributed by atoms with van der Waals surface area (Å²) in [5, 5.41) is 2.60. The minimum atomic E-state index is -4.10. The lowest BCUT2D eigenvalue weighted by molar-refractivity contribution is -0.135. The minimum Gasteiger partial charge on any atom is -0.495 e. The van der Waals surface area contributed by atoms with Gasteiger partial charge in [-0.2, -0.15) is 0 Å². The molecule has 2 aromatic rings. The van der Waals surface area contributed by atoms with Crippen molar-refractivity contribution in [2.45, 2.75) is 11.3 Å². The Labute approximate surface area is 191 Å². The van der Waals surface area contributed by atoms with Gasteiger partial charge in [-0.1, -0.05) is 23.7 Å². The molecule has 0 saturated carbocycles. The van der Waals surface area contributed by atoms with Crippen LogP contribution in [0.25, 0.3) is 0 Å². The number of carbonyl (C=O) groups excluding carboxylic acids is 2. The predicted octanol–water partition coefficient (Wildman–Crippen LogP) is 2.13. The van der Waals surface area contributed by atoms with Gasteiger partial charge in [0.15, 0.2) is 0 Å². The van der Waals surface area contributed by atoms with E-state index >= 15 is 0 Å². The van der Waals surface area contributed by atoms with Crippen LogP contribution in [0, 0.1) is 0 Å². The Bertz CT molecular complexity index is 1090. The maximum atomic E-state index is 12.9. The van der Waals surface area contributed by atoms with Crippen molar-refractivity contribution >= 4 is 39.1 Å². The molecule has 3 rings (SSSR count). The highest BCUT2D eigenvalue weighted by atomic mass is 35.5. The number of morpholine rings is 1. The van der Waals surface area contributed by atoms with E-state index in [1.165, 1.54) is 25.3 Å². The molecule has 0 radical (unpaired) electrons. The standard InChI is InChI=1S/C21H24ClN3O6S/c1-30-18-5-3-2-4-17(18)24-32(28,29)19-14-15(6-7-16(19)22)21(27)23-9-8-20(26)25-10-12-31-13-11-25/h2-7,14,24H,8-13H2,1H3,(H,23,27). The summed E-state index contributed by atoms with van der Waals surface area (Å²) in [5.41, 5.74) is 0.344. The van der Waals surface area contributed by atoms with E-state index in [2.05, 4.69) is 10.0 Å². The maximum Gasteiger partial charge on any atom is 0.263 e. The van der Waals surface area contributed by atoms with E-state index < -0.39 is 15.9 Å². The van der Waals surface area contributed by atoms with Crippen LogP contribution in [0.3, 0.4) is 0 Å². The van der Waals surface area contributed by atoms with E-state index in [1.54, 1.807) is 29.2 Å². The topological polar surface area (TPSA) is 114 Å². The lowest BCUT2D eigenvalue weighted by Crippen LogP contribution is -2.42. The molecule has 0 atom stereocenters. The Morgan fingerprint density at radius 1 is 1.16 bits per heavy atom. The Morgan fingerprint density at radius 2 is 1.88 bits per heavy atom. The predicted molar refractivity (Wildman–Crippen MR) is 120 cm³/mol. The number of anilines is 1. The molecule has 2 aromatic carbocycles. The molecule has 1 heterocycles. The number of hydrogen-bond acceptors (Lipinski definition) is 6.